The van der Waals surface area contributed by atoms with E-state index in [-0.39, 0.29) is 0 Å². The predicted octanol–water partition coefficient (Wildman–Crippen LogP) is 3.91. The predicted molar refractivity (Wildman–Crippen MR) is 115 cm³/mol. The van der Waals surface area contributed by atoms with Crippen LogP contribution < -0.4 is 0 Å². The molecule has 7 heteroatoms. The molecule has 7 nitrogen and oxygen atoms in total. The number of tetrazole rings is 1. The Morgan fingerprint density at radius 2 is 1.53 bits per heavy atom. The Hall–Kier alpha value is -3.87. The maximum absolute atomic E-state index is 4.72. The molecule has 0 spiro atoms. The highest BCUT2D eigenvalue weighted by Crippen LogP contribution is 2.28. The van der Waals surface area contributed by atoms with Crippen LogP contribution in [-0.2, 0) is 13.6 Å². The summed E-state index contributed by atoms with van der Waals surface area (Å²) >= 11 is 0. The molecule has 0 fully saturated rings. The summed E-state index contributed by atoms with van der Waals surface area (Å²) in [5, 5.41) is 12.1. The maximum Gasteiger partial charge on any atom is 0.194 e. The first kappa shape index (κ1) is 18.2. The van der Waals surface area contributed by atoms with Crippen LogP contribution in [0.25, 0.3) is 33.9 Å². The third kappa shape index (κ3) is 3.45. The summed E-state index contributed by atoms with van der Waals surface area (Å²) in [6, 6.07) is 16.9. The van der Waals surface area contributed by atoms with Gasteiger partial charge in [0.1, 0.15) is 5.69 Å². The lowest BCUT2D eigenvalue weighted by molar-refractivity contribution is 0.625. The zero-order valence-corrected chi connectivity index (χ0v) is 17.1. The first-order chi connectivity index (χ1) is 14.5. The second-order valence-electron chi connectivity index (χ2n) is 7.51. The SMILES string of the molecule is Cc1ccc(-c2ccc(-c3nc4ccn(Cc5nnn(C)n5)cc-4n3)cc2)cc1C. The van der Waals surface area contributed by atoms with Gasteiger partial charge in [-0.1, -0.05) is 42.5 Å². The van der Waals surface area contributed by atoms with E-state index in [0.29, 0.717) is 12.4 Å². The smallest absolute Gasteiger partial charge is 0.194 e. The molecule has 2 aromatic carbocycles. The van der Waals surface area contributed by atoms with Gasteiger partial charge in [-0.3, -0.25) is 0 Å². The van der Waals surface area contributed by atoms with Crippen LogP contribution in [-0.4, -0.2) is 34.7 Å². The largest absolute Gasteiger partial charge is 0.344 e. The van der Waals surface area contributed by atoms with E-state index in [9.17, 15) is 0 Å². The van der Waals surface area contributed by atoms with Crippen molar-refractivity contribution in [1.29, 1.82) is 0 Å². The molecule has 3 heterocycles. The Morgan fingerprint density at radius 3 is 2.27 bits per heavy atom. The summed E-state index contributed by atoms with van der Waals surface area (Å²) in [4.78, 5) is 10.9. The van der Waals surface area contributed by atoms with Crippen molar-refractivity contribution in [2.75, 3.05) is 0 Å². The molecule has 0 saturated heterocycles. The highest BCUT2D eigenvalue weighted by molar-refractivity contribution is 5.71. The molecular weight excluding hydrogens is 374 g/mol. The van der Waals surface area contributed by atoms with Crippen molar-refractivity contribution in [2.24, 2.45) is 7.05 Å². The Balaban J connectivity index is 1.41. The molecule has 0 aliphatic carbocycles. The topological polar surface area (TPSA) is 74.3 Å². The molecule has 2 aliphatic rings. The van der Waals surface area contributed by atoms with Gasteiger partial charge in [0.05, 0.1) is 19.3 Å². The quantitative estimate of drug-likeness (QED) is 0.461. The van der Waals surface area contributed by atoms with E-state index < -0.39 is 0 Å². The summed E-state index contributed by atoms with van der Waals surface area (Å²) in [7, 11) is 1.75. The number of hydrogen-bond acceptors (Lipinski definition) is 5. The van der Waals surface area contributed by atoms with Crippen LogP contribution >= 0.6 is 0 Å². The molecule has 148 valence electrons. The summed E-state index contributed by atoms with van der Waals surface area (Å²) in [6.07, 6.45) is 3.92. The fraction of sp³-hybridized carbons (Fsp3) is 0.174. The van der Waals surface area contributed by atoms with Gasteiger partial charge in [-0.05, 0) is 47.4 Å². The number of benzene rings is 2. The first-order valence-electron chi connectivity index (χ1n) is 9.80. The molecule has 0 bridgehead atoms. The molecular formula is C23H21N7. The van der Waals surface area contributed by atoms with Crippen LogP contribution in [0, 0.1) is 13.8 Å². The Morgan fingerprint density at radius 1 is 0.800 bits per heavy atom. The van der Waals surface area contributed by atoms with Crippen LogP contribution in [0.3, 0.4) is 0 Å². The van der Waals surface area contributed by atoms with E-state index in [1.54, 1.807) is 7.05 Å². The molecule has 0 amide bonds. The highest BCUT2D eigenvalue weighted by atomic mass is 15.6. The number of aryl methyl sites for hydroxylation is 3. The zero-order valence-electron chi connectivity index (χ0n) is 17.1. The lowest BCUT2D eigenvalue weighted by Crippen LogP contribution is -2.03. The van der Waals surface area contributed by atoms with Crippen molar-refractivity contribution in [1.82, 2.24) is 34.7 Å². The van der Waals surface area contributed by atoms with Gasteiger partial charge in [-0.15, -0.1) is 10.2 Å². The maximum atomic E-state index is 4.72. The number of aromatic nitrogens is 7. The van der Waals surface area contributed by atoms with Crippen molar-refractivity contribution < 1.29 is 0 Å². The number of nitrogens with zero attached hydrogens (tertiary/aromatic N) is 7. The summed E-state index contributed by atoms with van der Waals surface area (Å²) in [5.41, 5.74) is 7.72. The molecule has 5 rings (SSSR count). The number of hydrogen-bond donors (Lipinski definition) is 0. The van der Waals surface area contributed by atoms with Crippen molar-refractivity contribution in [3.8, 4) is 33.9 Å². The summed E-state index contributed by atoms with van der Waals surface area (Å²) in [6.45, 7) is 4.81. The van der Waals surface area contributed by atoms with Gasteiger partial charge in [0, 0.05) is 18.0 Å². The molecule has 1 aromatic heterocycles. The van der Waals surface area contributed by atoms with Gasteiger partial charge in [0.25, 0.3) is 0 Å². The van der Waals surface area contributed by atoms with Gasteiger partial charge in [0.15, 0.2) is 11.6 Å². The minimum atomic E-state index is 0.538. The average Bonchev–Trinajstić information content (AvgIpc) is 3.36. The van der Waals surface area contributed by atoms with Crippen LogP contribution in [0.5, 0.6) is 0 Å². The van der Waals surface area contributed by atoms with Crippen molar-refractivity contribution in [2.45, 2.75) is 20.4 Å². The summed E-state index contributed by atoms with van der Waals surface area (Å²) in [5.74, 6) is 1.38. The van der Waals surface area contributed by atoms with Gasteiger partial charge in [0.2, 0.25) is 0 Å². The van der Waals surface area contributed by atoms with E-state index in [1.807, 2.05) is 23.0 Å². The third-order valence-corrected chi connectivity index (χ3v) is 5.28. The molecule has 0 N–H and O–H groups in total. The second-order valence-corrected chi connectivity index (χ2v) is 7.51. The fourth-order valence-corrected chi connectivity index (χ4v) is 3.46. The number of rotatable bonds is 4. The fourth-order valence-electron chi connectivity index (χ4n) is 3.46. The van der Waals surface area contributed by atoms with Crippen LogP contribution in [0.1, 0.15) is 17.0 Å². The minimum Gasteiger partial charge on any atom is -0.344 e. The molecule has 30 heavy (non-hydrogen) atoms. The highest BCUT2D eigenvalue weighted by Gasteiger charge is 2.13. The number of pyridine rings is 1. The van der Waals surface area contributed by atoms with Gasteiger partial charge >= 0.3 is 0 Å². The molecule has 0 saturated carbocycles. The molecule has 0 atom stereocenters. The van der Waals surface area contributed by atoms with Gasteiger partial charge < -0.3 is 4.57 Å². The van der Waals surface area contributed by atoms with Gasteiger partial charge in [-0.2, -0.15) is 4.80 Å². The van der Waals surface area contributed by atoms with Crippen LogP contribution in [0.4, 0.5) is 0 Å². The van der Waals surface area contributed by atoms with Crippen LogP contribution in [0.2, 0.25) is 0 Å². The lowest BCUT2D eigenvalue weighted by atomic mass is 9.99. The number of imidazole rings is 1. The zero-order chi connectivity index (χ0) is 20.7. The van der Waals surface area contributed by atoms with E-state index in [1.165, 1.54) is 27.1 Å². The Kier molecular flexibility index (Phi) is 4.35. The van der Waals surface area contributed by atoms with E-state index in [0.717, 1.165) is 22.8 Å². The summed E-state index contributed by atoms with van der Waals surface area (Å²) < 4.78 is 1.99. The Labute approximate surface area is 174 Å². The normalized spacial score (nSPS) is 11.3. The van der Waals surface area contributed by atoms with E-state index in [4.69, 9.17) is 9.97 Å². The van der Waals surface area contributed by atoms with Crippen LogP contribution in [0.15, 0.2) is 60.9 Å². The average molecular weight is 395 g/mol. The van der Waals surface area contributed by atoms with Crippen molar-refractivity contribution >= 4 is 0 Å². The molecule has 0 unspecified atom stereocenters. The minimum absolute atomic E-state index is 0.538. The Bertz CT molecular complexity index is 1300. The van der Waals surface area contributed by atoms with Crippen molar-refractivity contribution in [3.63, 3.8) is 0 Å². The molecule has 2 aliphatic heterocycles. The monoisotopic (exact) mass is 395 g/mol. The van der Waals surface area contributed by atoms with E-state index >= 15 is 0 Å². The second kappa shape index (κ2) is 7.18. The van der Waals surface area contributed by atoms with Gasteiger partial charge in [-0.25, -0.2) is 9.97 Å². The molecule has 3 aromatic rings. The third-order valence-electron chi connectivity index (χ3n) is 5.28. The standard InChI is InChI=1S/C23H21N7/c1-15-4-5-19(12-16(15)2)17-6-8-18(9-7-17)23-24-20-10-11-30(13-21(20)25-23)14-22-26-28-29(3)27-22/h4-13H,14H2,1-3H3. The molecule has 0 radical (unpaired) electrons. The lowest BCUT2D eigenvalue weighted by Gasteiger charge is -2.06. The number of fused-ring (bicyclic) bond motifs is 1. The first-order valence-corrected chi connectivity index (χ1v) is 9.80. The van der Waals surface area contributed by atoms with Crippen molar-refractivity contribution in [3.05, 3.63) is 77.9 Å². The van der Waals surface area contributed by atoms with E-state index in [2.05, 4.69) is 71.7 Å².